The third kappa shape index (κ3) is 2.88. The van der Waals surface area contributed by atoms with E-state index in [0.29, 0.717) is 22.0 Å². The molecule has 0 bridgehead atoms. The first-order chi connectivity index (χ1) is 11.5. The van der Waals surface area contributed by atoms with Gasteiger partial charge in [-0.2, -0.15) is 0 Å². The van der Waals surface area contributed by atoms with Crippen LogP contribution in [0.3, 0.4) is 0 Å². The number of aromatic nitrogens is 2. The quantitative estimate of drug-likeness (QED) is 0.790. The van der Waals surface area contributed by atoms with Crippen molar-refractivity contribution in [1.29, 1.82) is 0 Å². The van der Waals surface area contributed by atoms with Gasteiger partial charge < -0.3 is 10.1 Å². The second-order valence-electron chi connectivity index (χ2n) is 5.31. The Morgan fingerprint density at radius 2 is 1.92 bits per heavy atom. The number of ether oxygens (including phenoxy) is 1. The molecule has 7 heteroatoms. The number of carbonyl (C=O) groups is 1. The summed E-state index contributed by atoms with van der Waals surface area (Å²) in [5, 5.41) is 3.21. The molecule has 0 unspecified atom stereocenters. The van der Waals surface area contributed by atoms with E-state index in [9.17, 15) is 9.59 Å². The summed E-state index contributed by atoms with van der Waals surface area (Å²) < 4.78 is 8.15. The maximum absolute atomic E-state index is 12.4. The van der Waals surface area contributed by atoms with Crippen molar-refractivity contribution < 1.29 is 9.53 Å². The smallest absolute Gasteiger partial charge is 0.329 e. The fourth-order valence-electron chi connectivity index (χ4n) is 2.63. The molecular formula is C17H16ClN3O3. The third-order valence-corrected chi connectivity index (χ3v) is 4.02. The second-order valence-corrected chi connectivity index (χ2v) is 5.75. The highest BCUT2D eigenvalue weighted by Crippen LogP contribution is 2.27. The monoisotopic (exact) mass is 345 g/mol. The molecule has 6 nitrogen and oxygen atoms in total. The molecule has 0 atom stereocenters. The highest BCUT2D eigenvalue weighted by Gasteiger charge is 2.14. The number of rotatable bonds is 4. The predicted octanol–water partition coefficient (Wildman–Crippen LogP) is 2.64. The van der Waals surface area contributed by atoms with Crippen LogP contribution in [0.5, 0.6) is 5.75 Å². The highest BCUT2D eigenvalue weighted by molar-refractivity contribution is 6.31. The van der Waals surface area contributed by atoms with Gasteiger partial charge in [-0.3, -0.25) is 13.9 Å². The molecule has 3 rings (SSSR count). The normalized spacial score (nSPS) is 10.8. The summed E-state index contributed by atoms with van der Waals surface area (Å²) in [6, 6.07) is 12.3. The van der Waals surface area contributed by atoms with Gasteiger partial charge in [-0.05, 0) is 30.3 Å². The molecule has 2 aromatic carbocycles. The number of aryl methyl sites for hydroxylation is 1. The molecule has 0 aliphatic rings. The predicted molar refractivity (Wildman–Crippen MR) is 93.8 cm³/mol. The van der Waals surface area contributed by atoms with Crippen molar-refractivity contribution in [2.75, 3.05) is 12.4 Å². The molecule has 0 aliphatic heterocycles. The number of fused-ring (bicyclic) bond motifs is 1. The van der Waals surface area contributed by atoms with E-state index < -0.39 is 0 Å². The van der Waals surface area contributed by atoms with Gasteiger partial charge in [0.1, 0.15) is 12.3 Å². The number of nitrogens with one attached hydrogen (secondary N) is 1. The fourth-order valence-corrected chi connectivity index (χ4v) is 2.80. The zero-order valence-electron chi connectivity index (χ0n) is 13.2. The molecule has 0 aliphatic carbocycles. The van der Waals surface area contributed by atoms with Gasteiger partial charge in [-0.15, -0.1) is 0 Å². The van der Waals surface area contributed by atoms with Crippen molar-refractivity contribution >= 4 is 34.2 Å². The highest BCUT2D eigenvalue weighted by atomic mass is 35.5. The molecule has 1 amide bonds. The molecule has 24 heavy (non-hydrogen) atoms. The minimum absolute atomic E-state index is 0.101. The molecule has 1 heterocycles. The van der Waals surface area contributed by atoms with E-state index in [2.05, 4.69) is 5.32 Å². The Bertz CT molecular complexity index is 975. The van der Waals surface area contributed by atoms with Gasteiger partial charge in [-0.1, -0.05) is 23.7 Å². The second kappa shape index (κ2) is 6.41. The Balaban J connectivity index is 1.90. The third-order valence-electron chi connectivity index (χ3n) is 3.79. The number of hydrogen-bond acceptors (Lipinski definition) is 3. The number of anilines is 1. The zero-order chi connectivity index (χ0) is 17.3. The van der Waals surface area contributed by atoms with Crippen molar-refractivity contribution in [3.8, 4) is 5.75 Å². The first-order valence-corrected chi connectivity index (χ1v) is 7.66. The lowest BCUT2D eigenvalue weighted by Gasteiger charge is -2.11. The molecule has 0 radical (unpaired) electrons. The number of halogens is 1. The maximum atomic E-state index is 12.4. The molecule has 0 saturated heterocycles. The lowest BCUT2D eigenvalue weighted by atomic mass is 10.3. The van der Waals surface area contributed by atoms with E-state index in [1.807, 2.05) is 24.3 Å². The summed E-state index contributed by atoms with van der Waals surface area (Å²) in [5.41, 5.74) is 1.70. The Hall–Kier alpha value is -2.73. The minimum Gasteiger partial charge on any atom is -0.495 e. The number of amides is 1. The van der Waals surface area contributed by atoms with E-state index in [-0.39, 0.29) is 18.1 Å². The van der Waals surface area contributed by atoms with Crippen molar-refractivity contribution in [3.05, 3.63) is 58.0 Å². The van der Waals surface area contributed by atoms with E-state index in [1.165, 1.54) is 16.2 Å². The summed E-state index contributed by atoms with van der Waals surface area (Å²) in [7, 11) is 3.19. The van der Waals surface area contributed by atoms with Crippen LogP contribution in [0.4, 0.5) is 5.69 Å². The Labute approximate surface area is 143 Å². The van der Waals surface area contributed by atoms with E-state index in [1.54, 1.807) is 25.2 Å². The van der Waals surface area contributed by atoms with Crippen LogP contribution < -0.4 is 15.7 Å². The van der Waals surface area contributed by atoms with Crippen LogP contribution in [0.1, 0.15) is 0 Å². The van der Waals surface area contributed by atoms with Crippen LogP contribution in [0.25, 0.3) is 11.0 Å². The number of benzene rings is 2. The lowest BCUT2D eigenvalue weighted by molar-refractivity contribution is -0.116. The van der Waals surface area contributed by atoms with E-state index in [4.69, 9.17) is 16.3 Å². The van der Waals surface area contributed by atoms with E-state index in [0.717, 1.165) is 5.52 Å². The average molecular weight is 346 g/mol. The van der Waals surface area contributed by atoms with Crippen LogP contribution >= 0.6 is 11.6 Å². The van der Waals surface area contributed by atoms with Crippen LogP contribution in [-0.4, -0.2) is 22.2 Å². The number of nitrogens with zero attached hydrogens (tertiary/aromatic N) is 2. The van der Waals surface area contributed by atoms with Crippen LogP contribution in [0, 0.1) is 0 Å². The summed E-state index contributed by atoms with van der Waals surface area (Å²) in [4.78, 5) is 24.7. The van der Waals surface area contributed by atoms with Gasteiger partial charge in [0.15, 0.2) is 0 Å². The molecule has 3 aromatic rings. The van der Waals surface area contributed by atoms with Crippen LogP contribution in [0.15, 0.2) is 47.3 Å². The number of carbonyl (C=O) groups excluding carboxylic acids is 1. The first kappa shape index (κ1) is 16.1. The summed E-state index contributed by atoms with van der Waals surface area (Å²) in [6.45, 7) is -0.101. The Morgan fingerprint density at radius 1 is 1.21 bits per heavy atom. The largest absolute Gasteiger partial charge is 0.495 e. The van der Waals surface area contributed by atoms with Gasteiger partial charge >= 0.3 is 5.69 Å². The lowest BCUT2D eigenvalue weighted by Crippen LogP contribution is -2.28. The van der Waals surface area contributed by atoms with Gasteiger partial charge in [0.25, 0.3) is 0 Å². The average Bonchev–Trinajstić information content (AvgIpc) is 2.80. The number of para-hydroxylation sites is 2. The first-order valence-electron chi connectivity index (χ1n) is 7.29. The topological polar surface area (TPSA) is 65.3 Å². The zero-order valence-corrected chi connectivity index (χ0v) is 14.0. The van der Waals surface area contributed by atoms with Gasteiger partial charge in [0, 0.05) is 12.1 Å². The minimum atomic E-state index is -0.339. The molecule has 124 valence electrons. The summed E-state index contributed by atoms with van der Waals surface area (Å²) >= 11 is 5.96. The van der Waals surface area contributed by atoms with Gasteiger partial charge in [0.05, 0.1) is 23.8 Å². The van der Waals surface area contributed by atoms with E-state index >= 15 is 0 Å². The standard InChI is InChI=1S/C17H16ClN3O3/c1-20-13-5-3-4-6-14(13)21(17(20)23)10-16(22)19-12-9-11(18)7-8-15(12)24-2/h3-9H,10H2,1-2H3,(H,19,22). The van der Waals surface area contributed by atoms with Gasteiger partial charge in [0.2, 0.25) is 5.91 Å². The Morgan fingerprint density at radius 3 is 2.62 bits per heavy atom. The van der Waals surface area contributed by atoms with Crippen LogP contribution in [-0.2, 0) is 18.4 Å². The molecule has 1 N–H and O–H groups in total. The molecule has 0 fully saturated rings. The fraction of sp³-hybridized carbons (Fsp3) is 0.176. The number of hydrogen-bond donors (Lipinski definition) is 1. The molecule has 1 aromatic heterocycles. The van der Waals surface area contributed by atoms with Gasteiger partial charge in [-0.25, -0.2) is 4.79 Å². The molecular weight excluding hydrogens is 330 g/mol. The molecule has 0 spiro atoms. The number of imidazole rings is 1. The maximum Gasteiger partial charge on any atom is 0.329 e. The summed E-state index contributed by atoms with van der Waals surface area (Å²) in [6.07, 6.45) is 0. The van der Waals surface area contributed by atoms with Crippen molar-refractivity contribution in [3.63, 3.8) is 0 Å². The van der Waals surface area contributed by atoms with Crippen LogP contribution in [0.2, 0.25) is 5.02 Å². The van der Waals surface area contributed by atoms with Crippen molar-refractivity contribution in [1.82, 2.24) is 9.13 Å². The number of methoxy groups -OCH3 is 1. The SMILES string of the molecule is COc1ccc(Cl)cc1NC(=O)Cn1c(=O)n(C)c2ccccc21. The summed E-state index contributed by atoms with van der Waals surface area (Å²) in [5.74, 6) is 0.159. The van der Waals surface area contributed by atoms with Crippen molar-refractivity contribution in [2.24, 2.45) is 7.05 Å². The molecule has 0 saturated carbocycles. The Kier molecular flexibility index (Phi) is 4.31. The van der Waals surface area contributed by atoms with Crippen molar-refractivity contribution in [2.45, 2.75) is 6.54 Å².